The van der Waals surface area contributed by atoms with Gasteiger partial charge >= 0.3 is 6.18 Å². The molecule has 10 heteroatoms. The Labute approximate surface area is 153 Å². The van der Waals surface area contributed by atoms with Crippen LogP contribution in [0, 0.1) is 0 Å². The van der Waals surface area contributed by atoms with Crippen LogP contribution in [0.15, 0.2) is 24.5 Å². The Bertz CT molecular complexity index is 807. The summed E-state index contributed by atoms with van der Waals surface area (Å²) in [6.07, 6.45) is -1.89. The zero-order valence-electron chi connectivity index (χ0n) is 14.6. The van der Waals surface area contributed by atoms with Crippen molar-refractivity contribution in [3.8, 4) is 0 Å². The van der Waals surface area contributed by atoms with Gasteiger partial charge in [0.25, 0.3) is 5.91 Å². The normalized spacial score (nSPS) is 16.8. The van der Waals surface area contributed by atoms with E-state index in [0.717, 1.165) is 23.5 Å². The summed E-state index contributed by atoms with van der Waals surface area (Å²) in [6, 6.07) is 1.98. The molecule has 1 aliphatic rings. The molecule has 1 atom stereocenters. The first kappa shape index (κ1) is 19.3. The van der Waals surface area contributed by atoms with Gasteiger partial charge in [-0.05, 0) is 12.1 Å². The average Bonchev–Trinajstić information content (AvgIpc) is 3.07. The SMILES string of the molecule is COCCn1ncc2c1COCC2CNC(=O)c1ccnc(C(F)(F)F)c1. The molecule has 1 amide bonds. The molecule has 0 radical (unpaired) electrons. The van der Waals surface area contributed by atoms with Crippen molar-refractivity contribution in [2.45, 2.75) is 25.2 Å². The number of methoxy groups -OCH3 is 1. The van der Waals surface area contributed by atoms with Crippen molar-refractivity contribution in [1.82, 2.24) is 20.1 Å². The van der Waals surface area contributed by atoms with Gasteiger partial charge in [-0.15, -0.1) is 0 Å². The van der Waals surface area contributed by atoms with Crippen LogP contribution in [0.1, 0.15) is 33.2 Å². The third kappa shape index (κ3) is 4.45. The number of amides is 1. The standard InChI is InChI=1S/C17H19F3N4O3/c1-26-5-4-24-14-10-27-9-12(13(14)8-23-24)7-22-16(25)11-2-3-21-15(6-11)17(18,19)20/h2-3,6,8,12H,4-5,7,9-10H2,1H3,(H,22,25). The van der Waals surface area contributed by atoms with Gasteiger partial charge < -0.3 is 14.8 Å². The lowest BCUT2D eigenvalue weighted by Gasteiger charge is -2.24. The van der Waals surface area contributed by atoms with Crippen molar-refractivity contribution < 1.29 is 27.4 Å². The summed E-state index contributed by atoms with van der Waals surface area (Å²) in [5, 5.41) is 6.99. The number of halogens is 3. The second-order valence-corrected chi connectivity index (χ2v) is 6.11. The molecule has 2 aromatic heterocycles. The van der Waals surface area contributed by atoms with Crippen LogP contribution >= 0.6 is 0 Å². The number of hydrogen-bond acceptors (Lipinski definition) is 5. The minimum atomic E-state index is -4.60. The number of fused-ring (bicyclic) bond motifs is 1. The highest BCUT2D eigenvalue weighted by molar-refractivity contribution is 5.94. The van der Waals surface area contributed by atoms with Gasteiger partial charge in [0.2, 0.25) is 0 Å². The number of aromatic nitrogens is 3. The lowest BCUT2D eigenvalue weighted by atomic mass is 9.98. The second kappa shape index (κ2) is 8.05. The molecule has 27 heavy (non-hydrogen) atoms. The van der Waals surface area contributed by atoms with Gasteiger partial charge in [0, 0.05) is 36.9 Å². The molecule has 2 aromatic rings. The monoisotopic (exact) mass is 384 g/mol. The van der Waals surface area contributed by atoms with Gasteiger partial charge in [-0.3, -0.25) is 14.5 Å². The average molecular weight is 384 g/mol. The van der Waals surface area contributed by atoms with Crippen molar-refractivity contribution in [2.75, 3.05) is 26.9 Å². The van der Waals surface area contributed by atoms with Crippen molar-refractivity contribution in [3.05, 3.63) is 47.0 Å². The molecule has 1 aliphatic heterocycles. The number of carbonyl (C=O) groups excluding carboxylic acids is 1. The fourth-order valence-electron chi connectivity index (χ4n) is 2.90. The van der Waals surface area contributed by atoms with E-state index in [0.29, 0.717) is 26.4 Å². The Morgan fingerprint density at radius 3 is 3.04 bits per heavy atom. The number of rotatable bonds is 6. The third-order valence-electron chi connectivity index (χ3n) is 4.31. The number of carbonyl (C=O) groups is 1. The molecule has 146 valence electrons. The van der Waals surface area contributed by atoms with Crippen LogP contribution in [-0.2, 0) is 28.8 Å². The topological polar surface area (TPSA) is 78.3 Å². The van der Waals surface area contributed by atoms with Gasteiger partial charge in [-0.1, -0.05) is 0 Å². The predicted molar refractivity (Wildman–Crippen MR) is 88.1 cm³/mol. The Kier molecular flexibility index (Phi) is 5.76. The summed E-state index contributed by atoms with van der Waals surface area (Å²) in [7, 11) is 1.61. The Balaban J connectivity index is 1.66. The molecule has 0 spiro atoms. The van der Waals surface area contributed by atoms with E-state index in [1.165, 1.54) is 6.07 Å². The van der Waals surface area contributed by atoms with Gasteiger partial charge in [0.05, 0.1) is 38.3 Å². The quantitative estimate of drug-likeness (QED) is 0.824. The Morgan fingerprint density at radius 1 is 1.48 bits per heavy atom. The van der Waals surface area contributed by atoms with E-state index in [9.17, 15) is 18.0 Å². The maximum Gasteiger partial charge on any atom is 0.433 e. The predicted octanol–water partition coefficient (Wildman–Crippen LogP) is 1.99. The third-order valence-corrected chi connectivity index (χ3v) is 4.31. The lowest BCUT2D eigenvalue weighted by molar-refractivity contribution is -0.141. The fourth-order valence-corrected chi connectivity index (χ4v) is 2.90. The van der Waals surface area contributed by atoms with E-state index < -0.39 is 17.8 Å². The van der Waals surface area contributed by atoms with E-state index in [4.69, 9.17) is 9.47 Å². The summed E-state index contributed by atoms with van der Waals surface area (Å²) in [5.41, 5.74) is 0.687. The Morgan fingerprint density at radius 2 is 2.30 bits per heavy atom. The molecule has 0 aliphatic carbocycles. The summed E-state index contributed by atoms with van der Waals surface area (Å²) >= 11 is 0. The van der Waals surface area contributed by atoms with Gasteiger partial charge in [-0.25, -0.2) is 0 Å². The van der Waals surface area contributed by atoms with Crippen molar-refractivity contribution in [1.29, 1.82) is 0 Å². The van der Waals surface area contributed by atoms with Crippen LogP contribution in [0.25, 0.3) is 0 Å². The molecule has 0 bridgehead atoms. The minimum Gasteiger partial charge on any atom is -0.383 e. The molecule has 1 N–H and O–H groups in total. The number of alkyl halides is 3. The molecular weight excluding hydrogens is 365 g/mol. The van der Waals surface area contributed by atoms with E-state index in [1.54, 1.807) is 18.0 Å². The molecule has 0 fully saturated rings. The minimum absolute atomic E-state index is 0.0925. The zero-order chi connectivity index (χ0) is 19.4. The number of nitrogens with zero attached hydrogens (tertiary/aromatic N) is 3. The molecular formula is C17H19F3N4O3. The molecule has 0 saturated carbocycles. The molecule has 1 unspecified atom stereocenters. The first-order chi connectivity index (χ1) is 12.9. The first-order valence-electron chi connectivity index (χ1n) is 8.33. The Hall–Kier alpha value is -2.46. The van der Waals surface area contributed by atoms with Crippen LogP contribution in [0.5, 0.6) is 0 Å². The smallest absolute Gasteiger partial charge is 0.383 e. The van der Waals surface area contributed by atoms with Crippen LogP contribution in [0.3, 0.4) is 0 Å². The number of hydrogen-bond donors (Lipinski definition) is 1. The first-order valence-corrected chi connectivity index (χ1v) is 8.33. The highest BCUT2D eigenvalue weighted by atomic mass is 19.4. The fraction of sp³-hybridized carbons (Fsp3) is 0.471. The van der Waals surface area contributed by atoms with Crippen LogP contribution in [-0.4, -0.2) is 47.5 Å². The molecule has 0 saturated heterocycles. The number of pyridine rings is 1. The van der Waals surface area contributed by atoms with Gasteiger partial charge in [-0.2, -0.15) is 18.3 Å². The van der Waals surface area contributed by atoms with Gasteiger partial charge in [0.1, 0.15) is 5.69 Å². The summed E-state index contributed by atoms with van der Waals surface area (Å²) in [4.78, 5) is 15.5. The lowest BCUT2D eigenvalue weighted by Crippen LogP contribution is -2.32. The van der Waals surface area contributed by atoms with E-state index in [1.807, 2.05) is 0 Å². The zero-order valence-corrected chi connectivity index (χ0v) is 14.6. The molecule has 3 rings (SSSR count). The molecule has 3 heterocycles. The summed E-state index contributed by atoms with van der Waals surface area (Å²) in [5.74, 6) is -0.722. The maximum atomic E-state index is 12.7. The largest absolute Gasteiger partial charge is 0.433 e. The van der Waals surface area contributed by atoms with Crippen molar-refractivity contribution in [3.63, 3.8) is 0 Å². The van der Waals surface area contributed by atoms with E-state index in [-0.39, 0.29) is 18.0 Å². The summed E-state index contributed by atoms with van der Waals surface area (Å²) in [6.45, 7) is 2.15. The van der Waals surface area contributed by atoms with Gasteiger partial charge in [0.15, 0.2) is 0 Å². The molecule has 0 aromatic carbocycles. The molecule has 7 nitrogen and oxygen atoms in total. The van der Waals surface area contributed by atoms with Crippen molar-refractivity contribution >= 4 is 5.91 Å². The van der Waals surface area contributed by atoms with Crippen molar-refractivity contribution in [2.24, 2.45) is 0 Å². The highest BCUT2D eigenvalue weighted by Crippen LogP contribution is 2.28. The number of ether oxygens (including phenoxy) is 2. The van der Waals surface area contributed by atoms with E-state index in [2.05, 4.69) is 15.4 Å². The maximum absolute atomic E-state index is 12.7. The van der Waals surface area contributed by atoms with Crippen LogP contribution in [0.4, 0.5) is 13.2 Å². The number of nitrogens with one attached hydrogen (secondary N) is 1. The van der Waals surface area contributed by atoms with Crippen LogP contribution < -0.4 is 5.32 Å². The van der Waals surface area contributed by atoms with Crippen LogP contribution in [0.2, 0.25) is 0 Å². The summed E-state index contributed by atoms with van der Waals surface area (Å²) < 4.78 is 50.6. The second-order valence-electron chi connectivity index (χ2n) is 6.11. The highest BCUT2D eigenvalue weighted by Gasteiger charge is 2.33. The van der Waals surface area contributed by atoms with E-state index >= 15 is 0 Å².